The summed E-state index contributed by atoms with van der Waals surface area (Å²) in [6.07, 6.45) is 3.17. The van der Waals surface area contributed by atoms with Crippen LogP contribution in [0.3, 0.4) is 0 Å². The lowest BCUT2D eigenvalue weighted by Gasteiger charge is -2.38. The molecule has 1 aliphatic heterocycles. The lowest BCUT2D eigenvalue weighted by atomic mass is 10.0. The lowest BCUT2D eigenvalue weighted by Crippen LogP contribution is -2.49. The van der Waals surface area contributed by atoms with Crippen LogP contribution in [0.25, 0.3) is 11.4 Å². The molecule has 2 aromatic carbocycles. The molecule has 0 N–H and O–H groups in total. The molecule has 0 saturated carbocycles. The summed E-state index contributed by atoms with van der Waals surface area (Å²) in [5.74, 6) is 1.89. The van der Waals surface area contributed by atoms with Crippen LogP contribution in [0.5, 0.6) is 5.75 Å². The van der Waals surface area contributed by atoms with E-state index in [2.05, 4.69) is 17.1 Å². The molecule has 8 nitrogen and oxygen atoms in total. The fourth-order valence-electron chi connectivity index (χ4n) is 4.59. The van der Waals surface area contributed by atoms with Crippen molar-refractivity contribution < 1.29 is 18.8 Å². The van der Waals surface area contributed by atoms with Gasteiger partial charge in [-0.3, -0.25) is 9.59 Å². The molecule has 3 aromatic rings. The summed E-state index contributed by atoms with van der Waals surface area (Å²) in [4.78, 5) is 34.3. The van der Waals surface area contributed by atoms with Crippen LogP contribution in [-0.2, 0) is 11.2 Å². The summed E-state index contributed by atoms with van der Waals surface area (Å²) in [5.41, 5.74) is 1.55. The second-order valence-electron chi connectivity index (χ2n) is 8.95. The molecule has 36 heavy (non-hydrogen) atoms. The van der Waals surface area contributed by atoms with Gasteiger partial charge in [-0.25, -0.2) is 0 Å². The third-order valence-electron chi connectivity index (χ3n) is 6.44. The molecule has 2 amide bonds. The number of benzene rings is 2. The van der Waals surface area contributed by atoms with E-state index in [1.54, 1.807) is 0 Å². The first-order valence-electron chi connectivity index (χ1n) is 12.8. The highest BCUT2D eigenvalue weighted by molar-refractivity contribution is 5.94. The van der Waals surface area contributed by atoms with Crippen molar-refractivity contribution in [3.8, 4) is 17.1 Å². The van der Waals surface area contributed by atoms with E-state index in [1.807, 2.05) is 71.3 Å². The van der Waals surface area contributed by atoms with Crippen LogP contribution in [0.1, 0.15) is 55.8 Å². The number of amides is 2. The van der Waals surface area contributed by atoms with E-state index < -0.39 is 0 Å². The highest BCUT2D eigenvalue weighted by atomic mass is 16.5. The summed E-state index contributed by atoms with van der Waals surface area (Å²) in [6.45, 7) is 6.65. The number of likely N-dealkylation sites (tertiary alicyclic amines) is 1. The third-order valence-corrected chi connectivity index (χ3v) is 6.44. The monoisotopic (exact) mass is 490 g/mol. The van der Waals surface area contributed by atoms with Crippen molar-refractivity contribution in [2.75, 3.05) is 26.2 Å². The van der Waals surface area contributed by atoms with Gasteiger partial charge in [0, 0.05) is 49.6 Å². The van der Waals surface area contributed by atoms with Crippen molar-refractivity contribution in [2.24, 2.45) is 0 Å². The molecule has 0 aliphatic carbocycles. The molecule has 1 saturated heterocycles. The SMILES string of the molecule is CCCN(C(=O)CCc1nc(-c2ccc(OCC)cc2)no1)C1CCN(C(=O)c2ccccc2)CC1. The molecule has 2 heterocycles. The molecular weight excluding hydrogens is 456 g/mol. The van der Waals surface area contributed by atoms with Crippen LogP contribution in [0.15, 0.2) is 59.1 Å². The molecular formula is C28H34N4O4. The Kier molecular flexibility index (Phi) is 8.71. The Morgan fingerprint density at radius 3 is 2.44 bits per heavy atom. The molecule has 0 spiro atoms. The Hall–Kier alpha value is -3.68. The van der Waals surface area contributed by atoms with Crippen molar-refractivity contribution in [3.05, 3.63) is 66.1 Å². The van der Waals surface area contributed by atoms with Crippen molar-refractivity contribution in [1.29, 1.82) is 0 Å². The molecule has 0 bridgehead atoms. The number of piperidine rings is 1. The summed E-state index contributed by atoms with van der Waals surface area (Å²) in [7, 11) is 0. The van der Waals surface area contributed by atoms with E-state index in [0.717, 1.165) is 30.6 Å². The minimum atomic E-state index is 0.0575. The normalized spacial score (nSPS) is 14.0. The van der Waals surface area contributed by atoms with Crippen molar-refractivity contribution in [2.45, 2.75) is 52.0 Å². The number of rotatable bonds is 10. The topological polar surface area (TPSA) is 88.8 Å². The number of carbonyl (C=O) groups is 2. The number of aryl methyl sites for hydroxylation is 1. The Morgan fingerprint density at radius 1 is 1.06 bits per heavy atom. The minimum Gasteiger partial charge on any atom is -0.494 e. The average Bonchev–Trinajstić information content (AvgIpc) is 3.40. The maximum atomic E-state index is 13.2. The maximum absolute atomic E-state index is 13.2. The van der Waals surface area contributed by atoms with E-state index in [0.29, 0.717) is 56.4 Å². The van der Waals surface area contributed by atoms with Crippen molar-refractivity contribution >= 4 is 11.8 Å². The van der Waals surface area contributed by atoms with Crippen LogP contribution in [0.2, 0.25) is 0 Å². The highest BCUT2D eigenvalue weighted by Crippen LogP contribution is 2.22. The molecule has 8 heteroatoms. The molecule has 1 fully saturated rings. The van der Waals surface area contributed by atoms with Gasteiger partial charge in [0.15, 0.2) is 0 Å². The minimum absolute atomic E-state index is 0.0575. The van der Waals surface area contributed by atoms with Crippen molar-refractivity contribution in [3.63, 3.8) is 0 Å². The fourth-order valence-corrected chi connectivity index (χ4v) is 4.59. The second-order valence-corrected chi connectivity index (χ2v) is 8.95. The summed E-state index contributed by atoms with van der Waals surface area (Å²) in [6, 6.07) is 17.0. The molecule has 0 atom stereocenters. The Balaban J connectivity index is 1.30. The predicted octanol–water partition coefficient (Wildman–Crippen LogP) is 4.61. The zero-order valence-electron chi connectivity index (χ0n) is 21.1. The van der Waals surface area contributed by atoms with E-state index in [1.165, 1.54) is 0 Å². The van der Waals surface area contributed by atoms with Crippen LogP contribution >= 0.6 is 0 Å². The third kappa shape index (κ3) is 6.30. The van der Waals surface area contributed by atoms with Gasteiger partial charge >= 0.3 is 0 Å². The Bertz CT molecular complexity index is 1120. The first-order valence-corrected chi connectivity index (χ1v) is 12.8. The molecule has 0 radical (unpaired) electrons. The molecule has 190 valence electrons. The molecule has 4 rings (SSSR count). The zero-order chi connectivity index (χ0) is 25.3. The number of aromatic nitrogens is 2. The van der Waals surface area contributed by atoms with Gasteiger partial charge in [0.1, 0.15) is 5.75 Å². The van der Waals surface area contributed by atoms with Gasteiger partial charge < -0.3 is 19.1 Å². The summed E-state index contributed by atoms with van der Waals surface area (Å²) < 4.78 is 10.9. The van der Waals surface area contributed by atoms with Gasteiger partial charge in [-0.15, -0.1) is 0 Å². The number of nitrogens with zero attached hydrogens (tertiary/aromatic N) is 4. The fraction of sp³-hybridized carbons (Fsp3) is 0.429. The zero-order valence-corrected chi connectivity index (χ0v) is 21.1. The maximum Gasteiger partial charge on any atom is 0.253 e. The average molecular weight is 491 g/mol. The highest BCUT2D eigenvalue weighted by Gasteiger charge is 2.29. The van der Waals surface area contributed by atoms with E-state index in [9.17, 15) is 9.59 Å². The Morgan fingerprint density at radius 2 is 1.78 bits per heavy atom. The smallest absolute Gasteiger partial charge is 0.253 e. The number of ether oxygens (including phenoxy) is 1. The van der Waals surface area contributed by atoms with Gasteiger partial charge in [0.05, 0.1) is 6.61 Å². The first kappa shape index (κ1) is 25.4. The lowest BCUT2D eigenvalue weighted by molar-refractivity contribution is -0.134. The number of carbonyl (C=O) groups excluding carboxylic acids is 2. The van der Waals surface area contributed by atoms with E-state index in [-0.39, 0.29) is 17.9 Å². The van der Waals surface area contributed by atoms with Gasteiger partial charge in [-0.1, -0.05) is 30.3 Å². The van der Waals surface area contributed by atoms with Crippen LogP contribution in [0, 0.1) is 0 Å². The van der Waals surface area contributed by atoms with Crippen LogP contribution in [0.4, 0.5) is 0 Å². The van der Waals surface area contributed by atoms with Crippen molar-refractivity contribution in [1.82, 2.24) is 19.9 Å². The van der Waals surface area contributed by atoms with E-state index >= 15 is 0 Å². The quantitative estimate of drug-likeness (QED) is 0.412. The van der Waals surface area contributed by atoms with Gasteiger partial charge in [0.2, 0.25) is 17.6 Å². The summed E-state index contributed by atoms with van der Waals surface area (Å²) >= 11 is 0. The second kappa shape index (κ2) is 12.3. The van der Waals surface area contributed by atoms with Crippen LogP contribution in [-0.4, -0.2) is 64.0 Å². The number of hydrogen-bond acceptors (Lipinski definition) is 6. The van der Waals surface area contributed by atoms with Gasteiger partial charge in [-0.05, 0) is 62.6 Å². The van der Waals surface area contributed by atoms with Crippen LogP contribution < -0.4 is 4.74 Å². The largest absolute Gasteiger partial charge is 0.494 e. The predicted molar refractivity (Wildman–Crippen MR) is 137 cm³/mol. The molecule has 1 aliphatic rings. The van der Waals surface area contributed by atoms with Gasteiger partial charge in [0.25, 0.3) is 5.91 Å². The standard InChI is InChI=1S/C28H34N4O4/c1-3-18-32(23-16-19-31(20-17-23)28(34)22-8-6-5-7-9-22)26(33)15-14-25-29-27(30-36-25)21-10-12-24(13-11-21)35-4-2/h5-13,23H,3-4,14-20H2,1-2H3. The Labute approximate surface area is 212 Å². The summed E-state index contributed by atoms with van der Waals surface area (Å²) in [5, 5.41) is 4.07. The van der Waals surface area contributed by atoms with Gasteiger partial charge in [-0.2, -0.15) is 4.98 Å². The van der Waals surface area contributed by atoms with E-state index in [4.69, 9.17) is 9.26 Å². The first-order chi connectivity index (χ1) is 17.6. The number of hydrogen-bond donors (Lipinski definition) is 0. The molecule has 0 unspecified atom stereocenters. The molecule has 1 aromatic heterocycles.